The number of carboxylic acid groups (broad SMARTS) is 3. The van der Waals surface area contributed by atoms with Crippen molar-refractivity contribution in [2.75, 3.05) is 68.7 Å². The van der Waals surface area contributed by atoms with Crippen LogP contribution in [0.4, 0.5) is 11.4 Å². The Morgan fingerprint density at radius 2 is 1.13 bits per heavy atom. The minimum absolute atomic E-state index is 0.00579. The van der Waals surface area contributed by atoms with Gasteiger partial charge >= 0.3 is 17.9 Å². The molecule has 4 aromatic rings. The number of carboxylic acids is 3. The number of benzene rings is 4. The lowest BCUT2D eigenvalue weighted by atomic mass is 9.62. The summed E-state index contributed by atoms with van der Waals surface area (Å²) in [5.41, 5.74) is 10.7. The second-order valence-corrected chi connectivity index (χ2v) is 24.0. The van der Waals surface area contributed by atoms with Gasteiger partial charge < -0.3 is 40.4 Å². The number of anilines is 2. The van der Waals surface area contributed by atoms with Gasteiger partial charge in [0.25, 0.3) is 0 Å². The molecule has 0 aromatic heterocycles. The van der Waals surface area contributed by atoms with Crippen LogP contribution in [0, 0.1) is 11.8 Å². The van der Waals surface area contributed by atoms with Gasteiger partial charge in [0, 0.05) is 81.9 Å². The predicted molar refractivity (Wildman–Crippen MR) is 298 cm³/mol. The van der Waals surface area contributed by atoms with E-state index in [1.807, 2.05) is 6.08 Å². The first-order valence-electron chi connectivity index (χ1n) is 26.7. The molecule has 2 saturated heterocycles. The maximum absolute atomic E-state index is 11.3. The zero-order valence-corrected chi connectivity index (χ0v) is 45.8. The van der Waals surface area contributed by atoms with Crippen LogP contribution in [0.1, 0.15) is 179 Å². The van der Waals surface area contributed by atoms with Crippen molar-refractivity contribution in [3.05, 3.63) is 128 Å². The Morgan fingerprint density at radius 3 is 1.63 bits per heavy atom. The van der Waals surface area contributed by atoms with Gasteiger partial charge in [0.1, 0.15) is 17.4 Å². The second-order valence-electron chi connectivity index (χ2n) is 24.0. The number of aliphatic hydroxyl groups is 2. The Hall–Kier alpha value is -6.17. The summed E-state index contributed by atoms with van der Waals surface area (Å²) in [6.07, 6.45) is 6.27. The van der Waals surface area contributed by atoms with Gasteiger partial charge in [-0.25, -0.2) is 9.59 Å². The van der Waals surface area contributed by atoms with E-state index in [0.717, 1.165) is 94.7 Å². The molecule has 2 atom stereocenters. The molecule has 402 valence electrons. The molecule has 0 spiro atoms. The quantitative estimate of drug-likeness (QED) is 0.0738. The van der Waals surface area contributed by atoms with Crippen molar-refractivity contribution in [3.8, 4) is 17.6 Å². The highest BCUT2D eigenvalue weighted by atomic mass is 16.4. The number of piperazine rings is 2. The van der Waals surface area contributed by atoms with Crippen molar-refractivity contribution >= 4 is 35.4 Å². The number of hydrogen-bond acceptors (Lipinski definition) is 10. The molecule has 13 nitrogen and oxygen atoms in total. The van der Waals surface area contributed by atoms with Crippen LogP contribution in [0.25, 0.3) is 6.08 Å². The van der Waals surface area contributed by atoms with E-state index in [-0.39, 0.29) is 45.0 Å². The zero-order valence-electron chi connectivity index (χ0n) is 45.8. The monoisotopic (exact) mass is 1020 g/mol. The number of aromatic hydroxyl groups is 1. The van der Waals surface area contributed by atoms with Gasteiger partial charge in [-0.05, 0) is 143 Å². The van der Waals surface area contributed by atoms with Crippen molar-refractivity contribution in [1.29, 1.82) is 0 Å². The lowest BCUT2D eigenvalue weighted by Crippen LogP contribution is -2.50. The number of hydrogen-bond donors (Lipinski definition) is 6. The molecule has 0 amide bonds. The number of rotatable bonds is 12. The lowest BCUT2D eigenvalue weighted by molar-refractivity contribution is -0.137. The zero-order chi connectivity index (χ0) is 54.8. The molecule has 2 unspecified atom stereocenters. The van der Waals surface area contributed by atoms with Crippen LogP contribution < -0.4 is 9.80 Å². The summed E-state index contributed by atoms with van der Waals surface area (Å²) in [4.78, 5) is 42.9. The Balaban J connectivity index is 0.000000219. The fraction of sp³-hybridized carbons (Fsp3) is 0.500. The Kier molecular flexibility index (Phi) is 17.0. The largest absolute Gasteiger partial charge is 0.507 e. The number of fused-ring (bicyclic) bond motifs is 2. The molecule has 2 aliphatic heterocycles. The number of phenols is 1. The van der Waals surface area contributed by atoms with E-state index in [1.54, 1.807) is 36.4 Å². The highest BCUT2D eigenvalue weighted by Gasteiger charge is 2.42. The maximum Gasteiger partial charge on any atom is 0.339 e. The smallest absolute Gasteiger partial charge is 0.339 e. The molecule has 0 saturated carbocycles. The highest BCUT2D eigenvalue weighted by molar-refractivity contribution is 5.91. The van der Waals surface area contributed by atoms with Crippen LogP contribution in [0.5, 0.6) is 5.75 Å². The first kappa shape index (κ1) is 56.6. The minimum atomic E-state index is -1.20. The standard InChI is InChI=1S/C31H40N2O5.C31H40N2O4/c1-30(2)12-13-31(3,4)28-24(30)19-23(26(34)10-7-21-5-8-22(9-6-21)29(37)38)20-25(28)33-17-15-32(16-18-33)14-11-27(35)36;1-20(2)32-13-15-33(16-14-32)25-19-22(18-24-28(25)31(5,6)12-11-30(24,3)4)26(34)10-8-21-7-9-23(29(36)37)27(35)17-21/h5-10,19-20,26,34H,11-18H2,1-4H3,(H,35,36)(H,37,38);7,9,17-20,26,34-35H,11-16H2,1-6H3,(H,36,37)/b10-7+;. The Morgan fingerprint density at radius 1 is 0.627 bits per heavy atom. The lowest BCUT2D eigenvalue weighted by Gasteiger charge is -2.46. The molecule has 4 aliphatic rings. The molecular formula is C62H80N4O9. The average molecular weight is 1030 g/mol. The molecule has 2 aliphatic carbocycles. The summed E-state index contributed by atoms with van der Waals surface area (Å²) in [5, 5.41) is 59.7. The molecule has 8 rings (SSSR count). The summed E-state index contributed by atoms with van der Waals surface area (Å²) in [7, 11) is 0. The van der Waals surface area contributed by atoms with Crippen molar-refractivity contribution in [2.45, 2.75) is 141 Å². The van der Waals surface area contributed by atoms with Crippen LogP contribution in [0.15, 0.2) is 72.8 Å². The van der Waals surface area contributed by atoms with Crippen LogP contribution >= 0.6 is 0 Å². The minimum Gasteiger partial charge on any atom is -0.507 e. The van der Waals surface area contributed by atoms with E-state index in [4.69, 9.17) is 15.3 Å². The van der Waals surface area contributed by atoms with E-state index in [2.05, 4.69) is 125 Å². The highest BCUT2D eigenvalue weighted by Crippen LogP contribution is 2.52. The van der Waals surface area contributed by atoms with Gasteiger partial charge in [0.05, 0.1) is 18.1 Å². The molecule has 2 heterocycles. The first-order valence-corrected chi connectivity index (χ1v) is 26.7. The van der Waals surface area contributed by atoms with Gasteiger partial charge in [0.15, 0.2) is 0 Å². The molecular weight excluding hydrogens is 945 g/mol. The number of aromatic carboxylic acids is 2. The Labute approximate surface area is 444 Å². The van der Waals surface area contributed by atoms with E-state index in [0.29, 0.717) is 18.2 Å². The Bertz CT molecular complexity index is 2840. The van der Waals surface area contributed by atoms with Crippen molar-refractivity contribution < 1.29 is 45.0 Å². The number of nitrogens with zero attached hydrogens (tertiary/aromatic N) is 4. The fourth-order valence-electron chi connectivity index (χ4n) is 11.4. The third kappa shape index (κ3) is 13.1. The molecule has 2 fully saturated rings. The first-order chi connectivity index (χ1) is 35.2. The van der Waals surface area contributed by atoms with Gasteiger partial charge in [-0.3, -0.25) is 14.6 Å². The van der Waals surface area contributed by atoms with Crippen LogP contribution in [0.3, 0.4) is 0 Å². The topological polar surface area (TPSA) is 186 Å². The van der Waals surface area contributed by atoms with Gasteiger partial charge in [0.2, 0.25) is 0 Å². The van der Waals surface area contributed by atoms with Crippen LogP contribution in [0.2, 0.25) is 0 Å². The number of aliphatic hydroxyl groups excluding tert-OH is 2. The van der Waals surface area contributed by atoms with E-state index in [1.165, 1.54) is 45.8 Å². The summed E-state index contributed by atoms with van der Waals surface area (Å²) >= 11 is 0. The molecule has 13 heteroatoms. The number of carbonyl (C=O) groups is 3. The van der Waals surface area contributed by atoms with Crippen molar-refractivity contribution in [3.63, 3.8) is 0 Å². The second kappa shape index (κ2) is 22.6. The van der Waals surface area contributed by atoms with E-state index < -0.39 is 30.1 Å². The molecule has 0 bridgehead atoms. The maximum atomic E-state index is 11.3. The average Bonchev–Trinajstić information content (AvgIpc) is 3.37. The molecule has 75 heavy (non-hydrogen) atoms. The van der Waals surface area contributed by atoms with Gasteiger partial charge in [-0.1, -0.05) is 104 Å². The van der Waals surface area contributed by atoms with Crippen molar-refractivity contribution in [2.24, 2.45) is 0 Å². The van der Waals surface area contributed by atoms with E-state index >= 15 is 0 Å². The molecule has 4 aromatic carbocycles. The SMILES string of the molecule is CC(C)N1CCN(c2cc(C(O)C#Cc3ccc(C(=O)O)c(O)c3)cc3c2C(C)(C)CCC3(C)C)CC1.CC1(C)CCC(C)(C)c2c(N3CCN(CCC(=O)O)CC3)cc(C(O)/C=C/c3ccc(C(=O)O)cc3)cc21. The summed E-state index contributed by atoms with van der Waals surface area (Å²) < 4.78 is 0. The van der Waals surface area contributed by atoms with Crippen LogP contribution in [-0.4, -0.2) is 123 Å². The van der Waals surface area contributed by atoms with Gasteiger partial charge in [-0.2, -0.15) is 0 Å². The van der Waals surface area contributed by atoms with E-state index in [9.17, 15) is 29.7 Å². The van der Waals surface area contributed by atoms with Crippen LogP contribution in [-0.2, 0) is 26.5 Å². The summed E-state index contributed by atoms with van der Waals surface area (Å²) in [6.45, 7) is 30.6. The van der Waals surface area contributed by atoms with Gasteiger partial charge in [-0.15, -0.1) is 0 Å². The summed E-state index contributed by atoms with van der Waals surface area (Å²) in [6, 6.07) is 19.9. The number of aliphatic carboxylic acids is 1. The van der Waals surface area contributed by atoms with Crippen molar-refractivity contribution in [1.82, 2.24) is 9.80 Å². The third-order valence-corrected chi connectivity index (χ3v) is 16.4. The third-order valence-electron chi connectivity index (χ3n) is 16.4. The molecule has 0 radical (unpaired) electrons. The molecule has 6 N–H and O–H groups in total. The normalized spacial score (nSPS) is 19.7. The predicted octanol–water partition coefficient (Wildman–Crippen LogP) is 10.1. The summed E-state index contributed by atoms with van der Waals surface area (Å²) in [5.74, 6) is 2.57. The fourth-order valence-corrected chi connectivity index (χ4v) is 11.4.